The van der Waals surface area contributed by atoms with Gasteiger partial charge in [-0.25, -0.2) is 4.39 Å². The van der Waals surface area contributed by atoms with Crippen LogP contribution in [0.4, 0.5) is 34.6 Å². The lowest BCUT2D eigenvalue weighted by Crippen LogP contribution is -2.09. The highest BCUT2D eigenvalue weighted by atomic mass is 19.4. The van der Waals surface area contributed by atoms with Crippen molar-refractivity contribution in [3.63, 3.8) is 0 Å². The summed E-state index contributed by atoms with van der Waals surface area (Å²) < 4.78 is 52.0. The molecule has 0 radical (unpaired) electrons. The van der Waals surface area contributed by atoms with E-state index in [0.717, 1.165) is 12.1 Å². The lowest BCUT2D eigenvalue weighted by Gasteiger charge is -2.15. The van der Waals surface area contributed by atoms with Crippen LogP contribution in [0.2, 0.25) is 0 Å². The average Bonchev–Trinajstić information content (AvgIpc) is 2.28. The van der Waals surface area contributed by atoms with E-state index >= 15 is 0 Å². The first kappa shape index (κ1) is 14.2. The molecule has 20 heavy (non-hydrogen) atoms. The summed E-state index contributed by atoms with van der Waals surface area (Å²) in [5.41, 5.74) is 5.19. The van der Waals surface area contributed by atoms with Crippen molar-refractivity contribution in [3.05, 3.63) is 53.3 Å². The van der Waals surface area contributed by atoms with E-state index in [9.17, 15) is 17.6 Å². The summed E-state index contributed by atoms with van der Waals surface area (Å²) in [5.74, 6) is -0.517. The summed E-state index contributed by atoms with van der Waals surface area (Å²) in [7, 11) is 0. The van der Waals surface area contributed by atoms with Gasteiger partial charge in [0.25, 0.3) is 0 Å². The Labute approximate surface area is 113 Å². The van der Waals surface area contributed by atoms with Crippen LogP contribution in [-0.4, -0.2) is 0 Å². The van der Waals surface area contributed by atoms with E-state index in [2.05, 4.69) is 5.32 Å². The highest BCUT2D eigenvalue weighted by Gasteiger charge is 2.33. The minimum Gasteiger partial charge on any atom is -0.399 e. The molecule has 2 nitrogen and oxygen atoms in total. The van der Waals surface area contributed by atoms with Crippen molar-refractivity contribution in [1.82, 2.24) is 0 Å². The number of hydrogen-bond acceptors (Lipinski definition) is 2. The summed E-state index contributed by atoms with van der Waals surface area (Å²) in [6, 6.07) is 7.39. The third-order valence-corrected chi connectivity index (χ3v) is 2.67. The van der Waals surface area contributed by atoms with E-state index in [0.29, 0.717) is 5.56 Å². The van der Waals surface area contributed by atoms with Crippen LogP contribution in [0.25, 0.3) is 0 Å². The molecule has 2 rings (SSSR count). The first-order valence-corrected chi connectivity index (χ1v) is 5.76. The van der Waals surface area contributed by atoms with Crippen LogP contribution in [0.5, 0.6) is 0 Å². The maximum Gasteiger partial charge on any atom is 0.418 e. The normalized spacial score (nSPS) is 11.4. The van der Waals surface area contributed by atoms with Crippen LogP contribution >= 0.6 is 0 Å². The van der Waals surface area contributed by atoms with Crippen molar-refractivity contribution in [2.45, 2.75) is 13.1 Å². The van der Waals surface area contributed by atoms with Crippen LogP contribution in [0.3, 0.4) is 0 Å². The Balaban J connectivity index is 2.43. The second-order valence-corrected chi connectivity index (χ2v) is 4.45. The minimum atomic E-state index is -4.54. The zero-order valence-corrected chi connectivity index (χ0v) is 10.6. The fourth-order valence-electron chi connectivity index (χ4n) is 1.87. The number of anilines is 3. The second kappa shape index (κ2) is 5.03. The molecule has 0 aromatic heterocycles. The van der Waals surface area contributed by atoms with Crippen LogP contribution in [0.15, 0.2) is 36.4 Å². The summed E-state index contributed by atoms with van der Waals surface area (Å²) in [6.45, 7) is 1.65. The van der Waals surface area contributed by atoms with Crippen LogP contribution in [0.1, 0.15) is 11.1 Å². The Morgan fingerprint density at radius 3 is 2.35 bits per heavy atom. The third kappa shape index (κ3) is 3.20. The standard InChI is InChI=1S/C14H12F4N2/c1-8-4-9(15)6-11(5-8)20-13-3-2-10(19)7-12(13)14(16,17)18/h2-7,20H,19H2,1H3. The fraction of sp³-hybridized carbons (Fsp3) is 0.143. The topological polar surface area (TPSA) is 38.0 Å². The van der Waals surface area contributed by atoms with Gasteiger partial charge in [0.1, 0.15) is 5.82 Å². The highest BCUT2D eigenvalue weighted by Crippen LogP contribution is 2.37. The molecule has 6 heteroatoms. The fourth-order valence-corrected chi connectivity index (χ4v) is 1.87. The average molecular weight is 284 g/mol. The summed E-state index contributed by atoms with van der Waals surface area (Å²) in [4.78, 5) is 0. The zero-order valence-electron chi connectivity index (χ0n) is 10.6. The second-order valence-electron chi connectivity index (χ2n) is 4.45. The molecule has 106 valence electrons. The molecular weight excluding hydrogens is 272 g/mol. The Morgan fingerprint density at radius 1 is 1.05 bits per heavy atom. The third-order valence-electron chi connectivity index (χ3n) is 2.67. The molecule has 0 saturated carbocycles. The molecule has 0 unspecified atom stereocenters. The largest absolute Gasteiger partial charge is 0.418 e. The maximum atomic E-state index is 13.2. The number of nitrogen functional groups attached to an aromatic ring is 1. The van der Waals surface area contributed by atoms with Gasteiger partial charge in [-0.05, 0) is 48.9 Å². The first-order valence-electron chi connectivity index (χ1n) is 5.76. The molecule has 0 bridgehead atoms. The van der Waals surface area contributed by atoms with Crippen molar-refractivity contribution < 1.29 is 17.6 Å². The number of nitrogens with one attached hydrogen (secondary N) is 1. The lowest BCUT2D eigenvalue weighted by molar-refractivity contribution is -0.136. The van der Waals surface area contributed by atoms with Gasteiger partial charge in [0.15, 0.2) is 0 Å². The Hall–Kier alpha value is -2.24. The molecule has 2 aromatic carbocycles. The smallest absolute Gasteiger partial charge is 0.399 e. The van der Waals surface area contributed by atoms with Crippen LogP contribution in [0, 0.1) is 12.7 Å². The van der Waals surface area contributed by atoms with E-state index in [1.165, 1.54) is 18.2 Å². The van der Waals surface area contributed by atoms with E-state index in [-0.39, 0.29) is 17.1 Å². The van der Waals surface area contributed by atoms with Crippen molar-refractivity contribution >= 4 is 17.1 Å². The quantitative estimate of drug-likeness (QED) is 0.630. The monoisotopic (exact) mass is 284 g/mol. The van der Waals surface area contributed by atoms with Crippen molar-refractivity contribution in [2.24, 2.45) is 0 Å². The van der Waals surface area contributed by atoms with E-state index in [4.69, 9.17) is 5.73 Å². The Kier molecular flexibility index (Phi) is 3.57. The molecule has 0 amide bonds. The summed E-state index contributed by atoms with van der Waals surface area (Å²) in [5, 5.41) is 2.57. The predicted octanol–water partition coefficient (Wildman–Crippen LogP) is 4.48. The number of rotatable bonds is 2. The maximum absolute atomic E-state index is 13.2. The number of halogens is 4. The summed E-state index contributed by atoms with van der Waals surface area (Å²) >= 11 is 0. The Bertz CT molecular complexity index is 615. The molecule has 0 aliphatic carbocycles. The van der Waals surface area contributed by atoms with Gasteiger partial charge < -0.3 is 11.1 Å². The van der Waals surface area contributed by atoms with Gasteiger partial charge >= 0.3 is 6.18 Å². The molecule has 0 spiro atoms. The first-order chi connectivity index (χ1) is 9.25. The predicted molar refractivity (Wildman–Crippen MR) is 70.3 cm³/mol. The molecule has 0 saturated heterocycles. The van der Waals surface area contributed by atoms with E-state index < -0.39 is 17.6 Å². The van der Waals surface area contributed by atoms with Gasteiger partial charge in [0, 0.05) is 11.4 Å². The molecular formula is C14H12F4N2. The molecule has 0 aliphatic heterocycles. The van der Waals surface area contributed by atoms with E-state index in [1.807, 2.05) is 0 Å². The molecule has 3 N–H and O–H groups in total. The number of benzene rings is 2. The van der Waals surface area contributed by atoms with Crippen molar-refractivity contribution in [3.8, 4) is 0 Å². The van der Waals surface area contributed by atoms with Crippen LogP contribution in [-0.2, 0) is 6.18 Å². The molecule has 0 atom stereocenters. The number of nitrogens with two attached hydrogens (primary N) is 1. The molecule has 2 aromatic rings. The van der Waals surface area contributed by atoms with Gasteiger partial charge in [-0.1, -0.05) is 0 Å². The number of hydrogen-bond donors (Lipinski definition) is 2. The molecule has 0 aliphatic rings. The minimum absolute atomic E-state index is 0.0123. The van der Waals surface area contributed by atoms with Crippen molar-refractivity contribution in [2.75, 3.05) is 11.1 Å². The van der Waals surface area contributed by atoms with Gasteiger partial charge in [-0.2, -0.15) is 13.2 Å². The van der Waals surface area contributed by atoms with Gasteiger partial charge in [-0.15, -0.1) is 0 Å². The Morgan fingerprint density at radius 2 is 1.75 bits per heavy atom. The van der Waals surface area contributed by atoms with Gasteiger partial charge in [-0.3, -0.25) is 0 Å². The highest BCUT2D eigenvalue weighted by molar-refractivity contribution is 5.67. The van der Waals surface area contributed by atoms with Gasteiger partial charge in [0.05, 0.1) is 11.3 Å². The molecule has 0 heterocycles. The van der Waals surface area contributed by atoms with E-state index in [1.54, 1.807) is 13.0 Å². The van der Waals surface area contributed by atoms with Crippen LogP contribution < -0.4 is 11.1 Å². The number of aryl methyl sites for hydroxylation is 1. The lowest BCUT2D eigenvalue weighted by atomic mass is 10.1. The SMILES string of the molecule is Cc1cc(F)cc(Nc2ccc(N)cc2C(F)(F)F)c1. The number of alkyl halides is 3. The molecule has 0 fully saturated rings. The van der Waals surface area contributed by atoms with Gasteiger partial charge in [0.2, 0.25) is 0 Å². The zero-order chi connectivity index (χ0) is 14.9. The van der Waals surface area contributed by atoms with Crippen molar-refractivity contribution in [1.29, 1.82) is 0 Å². The summed E-state index contributed by atoms with van der Waals surface area (Å²) in [6.07, 6.45) is -4.54.